The number of aliphatic carboxylic acids is 1. The van der Waals surface area contributed by atoms with Crippen LogP contribution in [0.15, 0.2) is 67.0 Å². The molecular weight excluding hydrogens is 421 g/mol. The predicted octanol–water partition coefficient (Wildman–Crippen LogP) is 5.12. The largest absolute Gasteiger partial charge is 0.494 e. The third kappa shape index (κ3) is 5.26. The van der Waals surface area contributed by atoms with Crippen molar-refractivity contribution < 1.29 is 19.0 Å². The number of anilines is 1. The van der Waals surface area contributed by atoms with Gasteiger partial charge in [0.15, 0.2) is 0 Å². The Kier molecular flexibility index (Phi) is 6.78. The molecule has 0 atom stereocenters. The summed E-state index contributed by atoms with van der Waals surface area (Å²) in [5, 5.41) is 14.3. The molecule has 1 aromatic heterocycles. The molecule has 0 aliphatic rings. The summed E-state index contributed by atoms with van der Waals surface area (Å²) < 4.78 is 20.1. The van der Waals surface area contributed by atoms with Gasteiger partial charge in [-0.15, -0.1) is 0 Å². The zero-order valence-corrected chi connectivity index (χ0v) is 18.2. The molecule has 3 aromatic carbocycles. The summed E-state index contributed by atoms with van der Waals surface area (Å²) in [6.07, 6.45) is 1.85. The molecule has 0 unspecified atom stereocenters. The maximum absolute atomic E-state index is 14.4. The number of nitrogens with zero attached hydrogens (tertiary/aromatic N) is 2. The second kappa shape index (κ2) is 10.1. The Morgan fingerprint density at radius 2 is 1.94 bits per heavy atom. The summed E-state index contributed by atoms with van der Waals surface area (Å²) in [6.45, 7) is 2.78. The standard InChI is InChI=1S/C26H24FN3O3/c1-2-33-24-13-18(7-8-19(24)14-26(31)32)23-15-25(30-16-29-23)28-12-11-21-20-6-4-3-5-17(20)9-10-22(21)27/h3-10,13,15-16H,2,11-12,14H2,1H3,(H,31,32)(H,28,29,30). The van der Waals surface area contributed by atoms with Crippen molar-refractivity contribution in [1.82, 2.24) is 9.97 Å². The van der Waals surface area contributed by atoms with Crippen LogP contribution in [0.3, 0.4) is 0 Å². The van der Waals surface area contributed by atoms with E-state index in [1.807, 2.05) is 37.3 Å². The molecule has 6 nitrogen and oxygen atoms in total. The maximum atomic E-state index is 14.4. The van der Waals surface area contributed by atoms with Crippen molar-refractivity contribution >= 4 is 22.6 Å². The number of carboxylic acid groups (broad SMARTS) is 1. The number of benzene rings is 3. The van der Waals surface area contributed by atoms with Crippen molar-refractivity contribution in [2.24, 2.45) is 0 Å². The summed E-state index contributed by atoms with van der Waals surface area (Å²) >= 11 is 0. The number of aromatic nitrogens is 2. The monoisotopic (exact) mass is 445 g/mol. The highest BCUT2D eigenvalue weighted by atomic mass is 19.1. The zero-order valence-electron chi connectivity index (χ0n) is 18.2. The van der Waals surface area contributed by atoms with Crippen molar-refractivity contribution in [3.05, 3.63) is 83.9 Å². The zero-order chi connectivity index (χ0) is 23.2. The van der Waals surface area contributed by atoms with Gasteiger partial charge in [-0.3, -0.25) is 4.79 Å². The third-order valence-corrected chi connectivity index (χ3v) is 5.34. The van der Waals surface area contributed by atoms with Gasteiger partial charge in [0.2, 0.25) is 0 Å². The molecule has 0 saturated heterocycles. The molecule has 4 aromatic rings. The SMILES string of the molecule is CCOc1cc(-c2cc(NCCc3c(F)ccc4ccccc34)ncn2)ccc1CC(=O)O. The van der Waals surface area contributed by atoms with Gasteiger partial charge in [0.25, 0.3) is 0 Å². The fraction of sp³-hybridized carbons (Fsp3) is 0.192. The van der Waals surface area contributed by atoms with Gasteiger partial charge in [0.1, 0.15) is 23.7 Å². The van der Waals surface area contributed by atoms with Crippen LogP contribution in [0.1, 0.15) is 18.1 Å². The molecule has 0 aliphatic heterocycles. The highest BCUT2D eigenvalue weighted by molar-refractivity contribution is 5.86. The van der Waals surface area contributed by atoms with Crippen molar-refractivity contribution in [1.29, 1.82) is 0 Å². The number of halogens is 1. The molecule has 33 heavy (non-hydrogen) atoms. The van der Waals surface area contributed by atoms with Crippen LogP contribution in [-0.4, -0.2) is 34.2 Å². The van der Waals surface area contributed by atoms with Crippen LogP contribution in [0.5, 0.6) is 5.75 Å². The van der Waals surface area contributed by atoms with Crippen molar-refractivity contribution in [2.75, 3.05) is 18.5 Å². The minimum atomic E-state index is -0.917. The first-order valence-corrected chi connectivity index (χ1v) is 10.7. The number of hydrogen-bond acceptors (Lipinski definition) is 5. The Morgan fingerprint density at radius 1 is 1.09 bits per heavy atom. The predicted molar refractivity (Wildman–Crippen MR) is 126 cm³/mol. The summed E-state index contributed by atoms with van der Waals surface area (Å²) in [7, 11) is 0. The summed E-state index contributed by atoms with van der Waals surface area (Å²) in [4.78, 5) is 19.7. The number of fused-ring (bicyclic) bond motifs is 1. The van der Waals surface area contributed by atoms with E-state index in [1.54, 1.807) is 24.3 Å². The quantitative estimate of drug-likeness (QED) is 0.372. The fourth-order valence-corrected chi connectivity index (χ4v) is 3.80. The molecule has 0 aliphatic carbocycles. The average molecular weight is 445 g/mol. The smallest absolute Gasteiger partial charge is 0.307 e. The van der Waals surface area contributed by atoms with E-state index in [0.717, 1.165) is 16.3 Å². The molecule has 0 saturated carbocycles. The van der Waals surface area contributed by atoms with Gasteiger partial charge in [-0.2, -0.15) is 0 Å². The minimum Gasteiger partial charge on any atom is -0.494 e. The van der Waals surface area contributed by atoms with Gasteiger partial charge in [0, 0.05) is 23.7 Å². The van der Waals surface area contributed by atoms with Crippen LogP contribution >= 0.6 is 0 Å². The lowest BCUT2D eigenvalue weighted by Gasteiger charge is -2.12. The van der Waals surface area contributed by atoms with Gasteiger partial charge in [0.05, 0.1) is 18.7 Å². The second-order valence-electron chi connectivity index (χ2n) is 7.54. The Balaban J connectivity index is 1.50. The van der Waals surface area contributed by atoms with E-state index in [2.05, 4.69) is 15.3 Å². The topological polar surface area (TPSA) is 84.3 Å². The van der Waals surface area contributed by atoms with Crippen LogP contribution in [0.25, 0.3) is 22.0 Å². The second-order valence-corrected chi connectivity index (χ2v) is 7.54. The minimum absolute atomic E-state index is 0.114. The maximum Gasteiger partial charge on any atom is 0.307 e. The molecule has 0 radical (unpaired) electrons. The lowest BCUT2D eigenvalue weighted by Crippen LogP contribution is -2.08. The normalized spacial score (nSPS) is 10.8. The molecule has 4 rings (SSSR count). The molecule has 1 heterocycles. The van der Waals surface area contributed by atoms with Crippen LogP contribution in [0.2, 0.25) is 0 Å². The van der Waals surface area contributed by atoms with E-state index in [0.29, 0.717) is 48.0 Å². The first-order valence-electron chi connectivity index (χ1n) is 10.7. The van der Waals surface area contributed by atoms with Gasteiger partial charge in [-0.1, -0.05) is 42.5 Å². The number of nitrogens with one attached hydrogen (secondary N) is 1. The highest BCUT2D eigenvalue weighted by Crippen LogP contribution is 2.28. The third-order valence-electron chi connectivity index (χ3n) is 5.34. The van der Waals surface area contributed by atoms with E-state index in [9.17, 15) is 9.18 Å². The van der Waals surface area contributed by atoms with E-state index >= 15 is 0 Å². The molecule has 0 spiro atoms. The molecule has 0 fully saturated rings. The van der Waals surface area contributed by atoms with E-state index in [-0.39, 0.29) is 12.2 Å². The molecule has 168 valence electrons. The van der Waals surface area contributed by atoms with Crippen LogP contribution in [-0.2, 0) is 17.6 Å². The summed E-state index contributed by atoms with van der Waals surface area (Å²) in [5.41, 5.74) is 2.74. The Bertz CT molecular complexity index is 1290. The molecule has 7 heteroatoms. The number of hydrogen-bond donors (Lipinski definition) is 2. The van der Waals surface area contributed by atoms with Crippen LogP contribution < -0.4 is 10.1 Å². The van der Waals surface area contributed by atoms with Gasteiger partial charge in [-0.25, -0.2) is 14.4 Å². The number of rotatable bonds is 9. The number of ether oxygens (including phenoxy) is 1. The summed E-state index contributed by atoms with van der Waals surface area (Å²) in [6, 6.07) is 18.2. The van der Waals surface area contributed by atoms with Gasteiger partial charge in [-0.05, 0) is 41.8 Å². The lowest BCUT2D eigenvalue weighted by atomic mass is 10.0. The summed E-state index contributed by atoms with van der Waals surface area (Å²) in [5.74, 6) is 0.00815. The first kappa shape index (κ1) is 22.2. The van der Waals surface area contributed by atoms with E-state index in [1.165, 1.54) is 12.4 Å². The van der Waals surface area contributed by atoms with Gasteiger partial charge >= 0.3 is 5.97 Å². The van der Waals surface area contributed by atoms with Crippen LogP contribution in [0, 0.1) is 5.82 Å². The molecular formula is C26H24FN3O3. The van der Waals surface area contributed by atoms with E-state index in [4.69, 9.17) is 9.84 Å². The fourth-order valence-electron chi connectivity index (χ4n) is 3.80. The Labute approximate surface area is 191 Å². The molecule has 0 bridgehead atoms. The Hall–Kier alpha value is -4.00. The van der Waals surface area contributed by atoms with Crippen molar-refractivity contribution in [3.8, 4) is 17.0 Å². The van der Waals surface area contributed by atoms with Crippen molar-refractivity contribution in [3.63, 3.8) is 0 Å². The molecule has 0 amide bonds. The highest BCUT2D eigenvalue weighted by Gasteiger charge is 2.12. The van der Waals surface area contributed by atoms with E-state index < -0.39 is 5.97 Å². The molecule has 2 N–H and O–H groups in total. The van der Waals surface area contributed by atoms with Crippen molar-refractivity contribution in [2.45, 2.75) is 19.8 Å². The first-order chi connectivity index (χ1) is 16.0. The Morgan fingerprint density at radius 3 is 2.76 bits per heavy atom. The number of carbonyl (C=O) groups is 1. The average Bonchev–Trinajstić information content (AvgIpc) is 2.82. The number of carboxylic acids is 1. The lowest BCUT2D eigenvalue weighted by molar-refractivity contribution is -0.136. The van der Waals surface area contributed by atoms with Crippen LogP contribution in [0.4, 0.5) is 10.2 Å². The van der Waals surface area contributed by atoms with Gasteiger partial charge < -0.3 is 15.2 Å².